The van der Waals surface area contributed by atoms with Gasteiger partial charge in [0.1, 0.15) is 5.78 Å². The average Bonchev–Trinajstić information content (AvgIpc) is 2.55. The van der Waals surface area contributed by atoms with E-state index in [9.17, 15) is 9.59 Å². The summed E-state index contributed by atoms with van der Waals surface area (Å²) in [4.78, 5) is 23.0. The van der Waals surface area contributed by atoms with Crippen LogP contribution in [0.5, 0.6) is 0 Å². The first-order chi connectivity index (χ1) is 7.47. The number of carbonyl (C=O) groups is 2. The standard InChI is InChI=1S/C13H20O3/c1-8(12(15)16)9-5-6-10-11(14)4-3-7-13(9,10)2/h8-10H,3-7H2,1-2H3,(H,15,16)/t8-,9-,10-,13+/m0/s1. The molecule has 0 heterocycles. The van der Waals surface area contributed by atoms with Crippen molar-refractivity contribution < 1.29 is 14.7 Å². The number of carboxylic acids is 1. The molecule has 3 heteroatoms. The molecule has 1 N–H and O–H groups in total. The predicted molar refractivity (Wildman–Crippen MR) is 60.0 cm³/mol. The Labute approximate surface area is 96.2 Å². The van der Waals surface area contributed by atoms with Gasteiger partial charge in [0.15, 0.2) is 0 Å². The lowest BCUT2D eigenvalue weighted by molar-refractivity contribution is -0.146. The minimum atomic E-state index is -0.718. The number of carboxylic acid groups (broad SMARTS) is 1. The highest BCUT2D eigenvalue weighted by atomic mass is 16.4. The van der Waals surface area contributed by atoms with Crippen LogP contribution in [0.25, 0.3) is 0 Å². The number of aliphatic carboxylic acids is 1. The van der Waals surface area contributed by atoms with Crippen LogP contribution in [0.4, 0.5) is 0 Å². The molecule has 0 aromatic rings. The molecule has 4 atom stereocenters. The quantitative estimate of drug-likeness (QED) is 0.784. The molecule has 2 saturated carbocycles. The number of rotatable bonds is 2. The number of hydrogen-bond donors (Lipinski definition) is 1. The van der Waals surface area contributed by atoms with E-state index in [0.29, 0.717) is 12.2 Å². The number of ketones is 1. The molecule has 0 saturated heterocycles. The molecule has 90 valence electrons. The van der Waals surface area contributed by atoms with Gasteiger partial charge in [0.05, 0.1) is 5.92 Å². The zero-order chi connectivity index (χ0) is 11.9. The van der Waals surface area contributed by atoms with Crippen LogP contribution in [0, 0.1) is 23.2 Å². The van der Waals surface area contributed by atoms with Crippen LogP contribution < -0.4 is 0 Å². The van der Waals surface area contributed by atoms with Crippen LogP contribution in [-0.2, 0) is 9.59 Å². The van der Waals surface area contributed by atoms with Crippen LogP contribution in [0.3, 0.4) is 0 Å². The third-order valence-corrected chi connectivity index (χ3v) is 4.93. The molecular weight excluding hydrogens is 204 g/mol. The van der Waals surface area contributed by atoms with Gasteiger partial charge in [-0.3, -0.25) is 9.59 Å². The Bertz CT molecular complexity index is 323. The van der Waals surface area contributed by atoms with E-state index >= 15 is 0 Å². The number of carbonyl (C=O) groups excluding carboxylic acids is 1. The van der Waals surface area contributed by atoms with Crippen molar-refractivity contribution in [3.05, 3.63) is 0 Å². The molecule has 16 heavy (non-hydrogen) atoms. The minimum Gasteiger partial charge on any atom is -0.481 e. The molecule has 2 rings (SSSR count). The third-order valence-electron chi connectivity index (χ3n) is 4.93. The smallest absolute Gasteiger partial charge is 0.306 e. The maximum atomic E-state index is 11.9. The third kappa shape index (κ3) is 1.57. The zero-order valence-corrected chi connectivity index (χ0v) is 10.0. The van der Waals surface area contributed by atoms with Crippen LogP contribution in [0.2, 0.25) is 0 Å². The summed E-state index contributed by atoms with van der Waals surface area (Å²) in [6, 6.07) is 0. The molecule has 2 fully saturated rings. The van der Waals surface area contributed by atoms with Gasteiger partial charge in [-0.25, -0.2) is 0 Å². The van der Waals surface area contributed by atoms with E-state index in [-0.39, 0.29) is 23.2 Å². The molecule has 0 spiro atoms. The Kier molecular flexibility index (Phi) is 2.81. The highest BCUT2D eigenvalue weighted by molar-refractivity contribution is 5.83. The molecule has 0 bridgehead atoms. The topological polar surface area (TPSA) is 54.4 Å². The average molecular weight is 224 g/mol. The van der Waals surface area contributed by atoms with E-state index in [2.05, 4.69) is 6.92 Å². The zero-order valence-electron chi connectivity index (χ0n) is 10.0. The van der Waals surface area contributed by atoms with Gasteiger partial charge in [-0.05, 0) is 37.0 Å². The number of hydrogen-bond acceptors (Lipinski definition) is 2. The van der Waals surface area contributed by atoms with E-state index in [4.69, 9.17) is 5.11 Å². The Morgan fingerprint density at radius 1 is 1.50 bits per heavy atom. The fourth-order valence-corrected chi connectivity index (χ4v) is 3.96. The van der Waals surface area contributed by atoms with Crippen molar-refractivity contribution >= 4 is 11.8 Å². The molecule has 0 unspecified atom stereocenters. The van der Waals surface area contributed by atoms with Crippen LogP contribution in [0.1, 0.15) is 46.0 Å². The van der Waals surface area contributed by atoms with E-state index in [0.717, 1.165) is 25.7 Å². The Balaban J connectivity index is 2.24. The van der Waals surface area contributed by atoms with Crippen molar-refractivity contribution in [1.29, 1.82) is 0 Å². The van der Waals surface area contributed by atoms with Crippen molar-refractivity contribution in [3.63, 3.8) is 0 Å². The number of Topliss-reactive ketones (excluding diaryl/α,β-unsaturated/α-hetero) is 1. The molecule has 0 amide bonds. The molecule has 0 aromatic heterocycles. The summed E-state index contributed by atoms with van der Waals surface area (Å²) in [6.45, 7) is 3.92. The minimum absolute atomic E-state index is 0.0485. The fraction of sp³-hybridized carbons (Fsp3) is 0.846. The van der Waals surface area contributed by atoms with Gasteiger partial charge in [-0.2, -0.15) is 0 Å². The predicted octanol–water partition coefficient (Wildman–Crippen LogP) is 2.49. The van der Waals surface area contributed by atoms with Crippen LogP contribution in [0.15, 0.2) is 0 Å². The maximum absolute atomic E-state index is 11.9. The van der Waals surface area contributed by atoms with E-state index in [1.54, 1.807) is 6.92 Å². The Morgan fingerprint density at radius 3 is 2.81 bits per heavy atom. The van der Waals surface area contributed by atoms with Gasteiger partial charge < -0.3 is 5.11 Å². The molecular formula is C13H20O3. The normalized spacial score (nSPS) is 40.5. The second-order valence-electron chi connectivity index (χ2n) is 5.69. The second-order valence-corrected chi connectivity index (χ2v) is 5.69. The summed E-state index contributed by atoms with van der Waals surface area (Å²) >= 11 is 0. The van der Waals surface area contributed by atoms with Gasteiger partial charge in [0.25, 0.3) is 0 Å². The van der Waals surface area contributed by atoms with Crippen molar-refractivity contribution in [2.24, 2.45) is 23.2 Å². The summed E-state index contributed by atoms with van der Waals surface area (Å²) in [5.41, 5.74) is -0.0485. The highest BCUT2D eigenvalue weighted by Crippen LogP contribution is 2.56. The van der Waals surface area contributed by atoms with E-state index < -0.39 is 5.97 Å². The summed E-state index contributed by atoms with van der Waals surface area (Å²) in [6.07, 6.45) is 4.47. The lowest BCUT2D eigenvalue weighted by Gasteiger charge is -2.41. The number of fused-ring (bicyclic) bond motifs is 1. The molecule has 2 aliphatic rings. The molecule has 0 aromatic carbocycles. The van der Waals surface area contributed by atoms with Gasteiger partial charge in [0, 0.05) is 12.3 Å². The first-order valence-corrected chi connectivity index (χ1v) is 6.22. The lowest BCUT2D eigenvalue weighted by Crippen LogP contribution is -2.40. The van der Waals surface area contributed by atoms with Gasteiger partial charge in [-0.1, -0.05) is 13.8 Å². The second kappa shape index (κ2) is 3.86. The van der Waals surface area contributed by atoms with Gasteiger partial charge in [0.2, 0.25) is 0 Å². The summed E-state index contributed by atoms with van der Waals surface area (Å²) in [7, 11) is 0. The van der Waals surface area contributed by atoms with Crippen molar-refractivity contribution in [3.8, 4) is 0 Å². The SMILES string of the molecule is C[C@H](C(=O)O)[C@@H]1CC[C@H]2C(=O)CCC[C@@]21C. The summed E-state index contributed by atoms with van der Waals surface area (Å²) < 4.78 is 0. The fourth-order valence-electron chi connectivity index (χ4n) is 3.96. The molecule has 0 radical (unpaired) electrons. The Morgan fingerprint density at radius 2 is 2.19 bits per heavy atom. The van der Waals surface area contributed by atoms with Crippen molar-refractivity contribution in [2.75, 3.05) is 0 Å². The first kappa shape index (κ1) is 11.6. The lowest BCUT2D eigenvalue weighted by atomic mass is 9.62. The molecule has 3 nitrogen and oxygen atoms in total. The van der Waals surface area contributed by atoms with Crippen molar-refractivity contribution in [1.82, 2.24) is 0 Å². The van der Waals surface area contributed by atoms with Crippen LogP contribution >= 0.6 is 0 Å². The largest absolute Gasteiger partial charge is 0.481 e. The summed E-state index contributed by atoms with van der Waals surface area (Å²) in [5, 5.41) is 9.13. The van der Waals surface area contributed by atoms with E-state index in [1.165, 1.54) is 0 Å². The Hall–Kier alpha value is -0.860. The molecule has 0 aliphatic heterocycles. The van der Waals surface area contributed by atoms with Crippen LogP contribution in [-0.4, -0.2) is 16.9 Å². The van der Waals surface area contributed by atoms with Crippen molar-refractivity contribution in [2.45, 2.75) is 46.0 Å². The highest BCUT2D eigenvalue weighted by Gasteiger charge is 2.53. The van der Waals surface area contributed by atoms with Gasteiger partial charge in [-0.15, -0.1) is 0 Å². The maximum Gasteiger partial charge on any atom is 0.306 e. The van der Waals surface area contributed by atoms with E-state index in [1.807, 2.05) is 0 Å². The summed E-state index contributed by atoms with van der Waals surface area (Å²) in [5.74, 6) is -0.355. The monoisotopic (exact) mass is 224 g/mol. The first-order valence-electron chi connectivity index (χ1n) is 6.22. The molecule has 2 aliphatic carbocycles. The van der Waals surface area contributed by atoms with Gasteiger partial charge >= 0.3 is 5.97 Å².